The molecule has 0 spiro atoms. The molecular weight excluding hydrogens is 975 g/mol. The van der Waals surface area contributed by atoms with E-state index in [1.165, 1.54) is 25.0 Å². The first-order valence-electron chi connectivity index (χ1n) is 27.3. The molecule has 0 aliphatic carbocycles. The molecule has 76 heavy (non-hydrogen) atoms. The Labute approximate surface area is 457 Å². The highest BCUT2D eigenvalue weighted by molar-refractivity contribution is 5.82. The van der Waals surface area contributed by atoms with Gasteiger partial charge in [0, 0.05) is 84.1 Å². The lowest BCUT2D eigenvalue weighted by molar-refractivity contribution is -0.166. The summed E-state index contributed by atoms with van der Waals surface area (Å²) < 4.78 is 41.5. The molecule has 1 amide bonds. The van der Waals surface area contributed by atoms with Crippen LogP contribution in [-0.2, 0) is 57.1 Å². The van der Waals surface area contributed by atoms with Crippen LogP contribution in [0.15, 0.2) is 60.4 Å². The van der Waals surface area contributed by atoms with E-state index in [2.05, 4.69) is 19.9 Å². The highest BCUT2D eigenvalue weighted by atomic mass is 16.6. The van der Waals surface area contributed by atoms with Gasteiger partial charge in [0.15, 0.2) is 0 Å². The first-order chi connectivity index (χ1) is 35.7. The average molecular weight is 1080 g/mol. The smallest absolute Gasteiger partial charge is 0.331 e. The Kier molecular flexibility index (Phi) is 33.8. The van der Waals surface area contributed by atoms with Gasteiger partial charge in [-0.05, 0) is 104 Å². The lowest BCUT2D eigenvalue weighted by Crippen LogP contribution is -2.44. The van der Waals surface area contributed by atoms with Gasteiger partial charge in [0.1, 0.15) is 36.5 Å². The van der Waals surface area contributed by atoms with Crippen LogP contribution in [0.5, 0.6) is 0 Å². The summed E-state index contributed by atoms with van der Waals surface area (Å²) in [4.78, 5) is 69.3. The van der Waals surface area contributed by atoms with Crippen molar-refractivity contribution in [3.63, 3.8) is 0 Å². The van der Waals surface area contributed by atoms with Gasteiger partial charge in [-0.25, -0.2) is 4.79 Å². The van der Waals surface area contributed by atoms with Crippen LogP contribution >= 0.6 is 0 Å². The predicted molar refractivity (Wildman–Crippen MR) is 297 cm³/mol. The van der Waals surface area contributed by atoms with Crippen LogP contribution < -0.4 is 0 Å². The van der Waals surface area contributed by atoms with Crippen LogP contribution in [0.25, 0.3) is 0 Å². The quantitative estimate of drug-likeness (QED) is 0.0435. The summed E-state index contributed by atoms with van der Waals surface area (Å²) in [7, 11) is 13.6. The number of likely N-dealkylation sites (N-methyl/N-ethyl adjacent to an activating group) is 2. The van der Waals surface area contributed by atoms with Crippen molar-refractivity contribution in [3.05, 3.63) is 60.4 Å². The largest absolute Gasteiger partial charge is 0.462 e. The number of ether oxygens (including phenoxy) is 7. The number of carbonyl (C=O) groups is 5. The molecule has 1 heterocycles. The van der Waals surface area contributed by atoms with Crippen molar-refractivity contribution in [2.24, 2.45) is 41.4 Å². The molecule has 2 unspecified atom stereocenters. The molecule has 1 rings (SSSR count). The van der Waals surface area contributed by atoms with Gasteiger partial charge in [-0.2, -0.15) is 0 Å². The standard InChI is InChI=1S/C59H101N3O14/c1-38-27-28-39(2)50(72-18)31-29-40(3)56(67)44(7)52(76-59(69)49(36-70-16)61(13)14)24-20-19-21-26-54(65)74-51(25-22-23-48(35-38)71-17)43(6)55(66)41(4)30-32-53(75-58(68)46(9)60(11)12)45(8)57(73-47(10)64)42(5)33-34-62(15)37-63/h19-23,26,28,33-34,37-38,40-46,48-53,55-57,66-67H,24-25,27,29-32,35-36H2,1-18H3/b20-19+,23-22+,26-21+,34-33+,39-28+/t38-,40-,41+,42-,43-,44-,45+,46?,48+,49?,50+,51+,52-,53-,55+,56-,57-/m1/s1. The van der Waals surface area contributed by atoms with Crippen LogP contribution in [0.3, 0.4) is 0 Å². The molecule has 0 fully saturated rings. The summed E-state index contributed by atoms with van der Waals surface area (Å²) in [6, 6.07) is -1.23. The molecule has 17 heteroatoms. The number of hydrogen-bond acceptors (Lipinski definition) is 16. The molecule has 0 aromatic heterocycles. The molecule has 0 aromatic rings. The number of aliphatic hydroxyl groups is 2. The Hall–Kier alpha value is -4.23. The number of cyclic esters (lactones) is 1. The fraction of sp³-hybridized carbons (Fsp3) is 0.746. The van der Waals surface area contributed by atoms with Crippen molar-refractivity contribution >= 4 is 30.3 Å². The van der Waals surface area contributed by atoms with Crippen molar-refractivity contribution in [1.82, 2.24) is 14.7 Å². The Morgan fingerprint density at radius 3 is 2.12 bits per heavy atom. The zero-order chi connectivity index (χ0) is 57.8. The van der Waals surface area contributed by atoms with Crippen LogP contribution in [0, 0.1) is 41.4 Å². The maximum Gasteiger partial charge on any atom is 0.331 e. The third-order valence-corrected chi connectivity index (χ3v) is 15.2. The zero-order valence-electron chi connectivity index (χ0n) is 49.6. The monoisotopic (exact) mass is 1080 g/mol. The highest BCUT2D eigenvalue weighted by Gasteiger charge is 2.38. The molecule has 0 saturated heterocycles. The molecule has 17 atom stereocenters. The van der Waals surface area contributed by atoms with Gasteiger partial charge in [-0.1, -0.05) is 91.0 Å². The van der Waals surface area contributed by atoms with Gasteiger partial charge in [-0.15, -0.1) is 0 Å². The minimum absolute atomic E-state index is 0.129. The van der Waals surface area contributed by atoms with E-state index in [0.29, 0.717) is 32.1 Å². The lowest BCUT2D eigenvalue weighted by atomic mass is 9.82. The lowest BCUT2D eigenvalue weighted by Gasteiger charge is -2.35. The predicted octanol–water partition coefficient (Wildman–Crippen LogP) is 7.74. The summed E-state index contributed by atoms with van der Waals surface area (Å²) >= 11 is 0. The minimum atomic E-state index is -0.973. The maximum atomic E-state index is 13.6. The Balaban J connectivity index is 3.70. The van der Waals surface area contributed by atoms with E-state index >= 15 is 0 Å². The summed E-state index contributed by atoms with van der Waals surface area (Å²) in [6.45, 7) is 18.8. The molecular formula is C59H101N3O14. The number of amides is 1. The van der Waals surface area contributed by atoms with Crippen molar-refractivity contribution in [1.29, 1.82) is 0 Å². The van der Waals surface area contributed by atoms with Crippen LogP contribution in [0.4, 0.5) is 0 Å². The second-order valence-corrected chi connectivity index (χ2v) is 21.9. The number of carbonyl (C=O) groups excluding carboxylic acids is 5. The third kappa shape index (κ3) is 25.1. The summed E-state index contributed by atoms with van der Waals surface area (Å²) in [5.41, 5.74) is 1.10. The fourth-order valence-corrected chi connectivity index (χ4v) is 9.39. The molecule has 1 aliphatic rings. The highest BCUT2D eigenvalue weighted by Crippen LogP contribution is 2.32. The molecule has 17 nitrogen and oxygen atoms in total. The van der Waals surface area contributed by atoms with Crippen LogP contribution in [0.1, 0.15) is 121 Å². The SMILES string of the molecule is COCC(C(=O)O[C@@H]1C/C=C/C=C/C(=O)O[C@H]([C@@H](C)[C@@H](O)[C@@H](C)CC[C@@H](OC(=O)C(C)N(C)C)[C@H](C)[C@H](OC(C)=O)[C@H](C)/C=C/N(C)C=O)C/C=C/[C@H](OC)C[C@H](C)C/C=C(\C)[C@@H](OC)CC[C@@H](C)[C@@H](O)[C@@H]1C)N(C)C. The van der Waals surface area contributed by atoms with E-state index in [1.807, 2.05) is 53.7 Å². The molecule has 0 bridgehead atoms. The van der Waals surface area contributed by atoms with Gasteiger partial charge < -0.3 is 48.3 Å². The number of hydrogen-bond donors (Lipinski definition) is 2. The van der Waals surface area contributed by atoms with Gasteiger partial charge in [0.2, 0.25) is 6.41 Å². The van der Waals surface area contributed by atoms with Crippen molar-refractivity contribution in [2.75, 3.05) is 63.2 Å². The van der Waals surface area contributed by atoms with E-state index in [0.717, 1.165) is 18.4 Å². The van der Waals surface area contributed by atoms with Gasteiger partial charge in [-0.3, -0.25) is 29.0 Å². The molecule has 0 radical (unpaired) electrons. The number of methoxy groups -OCH3 is 3. The number of aliphatic hydroxyl groups excluding tert-OH is 2. The van der Waals surface area contributed by atoms with Crippen molar-refractivity contribution in [3.8, 4) is 0 Å². The summed E-state index contributed by atoms with van der Waals surface area (Å²) in [5.74, 6) is -4.21. The summed E-state index contributed by atoms with van der Waals surface area (Å²) in [6.07, 6.45) is 15.5. The molecule has 436 valence electrons. The zero-order valence-corrected chi connectivity index (χ0v) is 49.6. The topological polar surface area (TPSA) is 200 Å². The van der Waals surface area contributed by atoms with Gasteiger partial charge in [0.05, 0.1) is 31.0 Å². The number of esters is 4. The van der Waals surface area contributed by atoms with E-state index in [9.17, 15) is 34.2 Å². The first-order valence-corrected chi connectivity index (χ1v) is 27.3. The minimum Gasteiger partial charge on any atom is -0.462 e. The Bertz CT molecular complexity index is 1870. The molecule has 2 N–H and O–H groups in total. The van der Waals surface area contributed by atoms with Crippen LogP contribution in [0.2, 0.25) is 0 Å². The van der Waals surface area contributed by atoms with Crippen molar-refractivity contribution in [2.45, 2.75) is 182 Å². The number of allylic oxidation sites excluding steroid dienone is 3. The molecule has 1 aliphatic heterocycles. The fourth-order valence-electron chi connectivity index (χ4n) is 9.39. The van der Waals surface area contributed by atoms with E-state index in [-0.39, 0.29) is 55.3 Å². The van der Waals surface area contributed by atoms with Crippen molar-refractivity contribution < 1.29 is 67.3 Å². The van der Waals surface area contributed by atoms with E-state index in [1.54, 1.807) is 96.7 Å². The second-order valence-electron chi connectivity index (χ2n) is 21.9. The second kappa shape index (κ2) is 36.8. The summed E-state index contributed by atoms with van der Waals surface area (Å²) in [5, 5.41) is 23.8. The first kappa shape index (κ1) is 69.8. The number of nitrogens with zero attached hydrogens (tertiary/aromatic N) is 3. The Morgan fingerprint density at radius 1 is 0.868 bits per heavy atom. The third-order valence-electron chi connectivity index (χ3n) is 15.2. The average Bonchev–Trinajstić information content (AvgIpc) is 3.38. The van der Waals surface area contributed by atoms with E-state index < -0.39 is 90.3 Å². The Morgan fingerprint density at radius 2 is 1.54 bits per heavy atom. The maximum absolute atomic E-state index is 13.6. The molecule has 0 aromatic carbocycles. The van der Waals surface area contributed by atoms with Crippen LogP contribution in [-0.4, -0.2) is 179 Å². The normalized spacial score (nSPS) is 28.6. The number of rotatable bonds is 23. The van der Waals surface area contributed by atoms with E-state index in [4.69, 9.17) is 33.2 Å². The van der Waals surface area contributed by atoms with Gasteiger partial charge in [0.25, 0.3) is 0 Å². The van der Waals surface area contributed by atoms with Gasteiger partial charge >= 0.3 is 23.9 Å². The molecule has 0 saturated carbocycles.